The minimum absolute atomic E-state index is 0.198. The van der Waals surface area contributed by atoms with Gasteiger partial charge in [-0.2, -0.15) is 0 Å². The number of hydrogen-bond acceptors (Lipinski definition) is 4. The Morgan fingerprint density at radius 3 is 2.89 bits per heavy atom. The van der Waals surface area contributed by atoms with Crippen LogP contribution < -0.4 is 0 Å². The molecular formula is C14H22N4O. The fraction of sp³-hybridized carbons (Fsp3) is 0.643. The molecule has 0 aliphatic rings. The minimum atomic E-state index is 0.198. The van der Waals surface area contributed by atoms with Crippen molar-refractivity contribution in [1.82, 2.24) is 19.5 Å². The van der Waals surface area contributed by atoms with Crippen molar-refractivity contribution in [1.29, 1.82) is 0 Å². The predicted molar refractivity (Wildman–Crippen MR) is 74.8 cm³/mol. The zero-order valence-electron chi connectivity index (χ0n) is 11.5. The number of fused-ring (bicyclic) bond motifs is 1. The second-order valence-electron chi connectivity index (χ2n) is 4.90. The van der Waals surface area contributed by atoms with Gasteiger partial charge in [0.1, 0.15) is 11.8 Å². The summed E-state index contributed by atoms with van der Waals surface area (Å²) in [4.78, 5) is 12.6. The molecule has 0 fully saturated rings. The van der Waals surface area contributed by atoms with Crippen LogP contribution in [-0.4, -0.2) is 31.2 Å². The van der Waals surface area contributed by atoms with E-state index < -0.39 is 0 Å². The Balaban J connectivity index is 2.09. The third-order valence-corrected chi connectivity index (χ3v) is 3.49. The van der Waals surface area contributed by atoms with E-state index in [4.69, 9.17) is 0 Å². The molecule has 2 aromatic rings. The van der Waals surface area contributed by atoms with E-state index in [2.05, 4.69) is 26.4 Å². The van der Waals surface area contributed by atoms with Crippen molar-refractivity contribution >= 4 is 11.2 Å². The summed E-state index contributed by atoms with van der Waals surface area (Å²) < 4.78 is 2.08. The lowest BCUT2D eigenvalue weighted by molar-refractivity contribution is 0.251. The highest BCUT2D eigenvalue weighted by Crippen LogP contribution is 2.23. The quantitative estimate of drug-likeness (QED) is 0.743. The highest BCUT2D eigenvalue weighted by Gasteiger charge is 2.14. The van der Waals surface area contributed by atoms with Crippen molar-refractivity contribution in [3.05, 3.63) is 18.9 Å². The molecule has 104 valence electrons. The summed E-state index contributed by atoms with van der Waals surface area (Å²) in [5.74, 6) is 0. The number of hydrogen-bond donors (Lipinski definition) is 1. The lowest BCUT2D eigenvalue weighted by Gasteiger charge is -2.17. The summed E-state index contributed by atoms with van der Waals surface area (Å²) in [7, 11) is 0. The largest absolute Gasteiger partial charge is 0.396 e. The van der Waals surface area contributed by atoms with Crippen molar-refractivity contribution in [2.75, 3.05) is 6.61 Å². The summed E-state index contributed by atoms with van der Waals surface area (Å²) in [5, 5.41) is 9.24. The first-order valence-corrected chi connectivity index (χ1v) is 7.10. The van der Waals surface area contributed by atoms with Gasteiger partial charge in [-0.15, -0.1) is 0 Å². The smallest absolute Gasteiger partial charge is 0.163 e. The van der Waals surface area contributed by atoms with Gasteiger partial charge in [-0.25, -0.2) is 15.0 Å². The lowest BCUT2D eigenvalue weighted by Crippen LogP contribution is -2.10. The zero-order valence-corrected chi connectivity index (χ0v) is 11.5. The number of nitrogens with zero attached hydrogens (tertiary/aromatic N) is 4. The third kappa shape index (κ3) is 3.50. The molecule has 5 nitrogen and oxygen atoms in total. The van der Waals surface area contributed by atoms with Gasteiger partial charge >= 0.3 is 0 Å². The van der Waals surface area contributed by atoms with Crippen molar-refractivity contribution in [2.24, 2.45) is 0 Å². The highest BCUT2D eigenvalue weighted by atomic mass is 16.3. The molecule has 19 heavy (non-hydrogen) atoms. The number of rotatable bonds is 8. The Morgan fingerprint density at radius 1 is 1.21 bits per heavy atom. The maximum Gasteiger partial charge on any atom is 0.163 e. The van der Waals surface area contributed by atoms with Crippen LogP contribution in [0.3, 0.4) is 0 Å². The molecule has 2 rings (SSSR count). The summed E-state index contributed by atoms with van der Waals surface area (Å²) in [5.41, 5.74) is 1.68. The molecule has 0 bridgehead atoms. The topological polar surface area (TPSA) is 63.8 Å². The molecule has 0 aliphatic heterocycles. The average Bonchev–Trinajstić information content (AvgIpc) is 2.86. The number of aliphatic hydroxyl groups excluding tert-OH is 1. The van der Waals surface area contributed by atoms with Crippen molar-refractivity contribution in [3.8, 4) is 0 Å². The number of aromatic nitrogens is 4. The van der Waals surface area contributed by atoms with Crippen LogP contribution in [0.2, 0.25) is 0 Å². The Labute approximate surface area is 113 Å². The first-order valence-electron chi connectivity index (χ1n) is 7.10. The number of imidazole rings is 1. The molecule has 0 saturated heterocycles. The van der Waals surface area contributed by atoms with Gasteiger partial charge in [-0.3, -0.25) is 0 Å². The first kappa shape index (κ1) is 13.9. The van der Waals surface area contributed by atoms with Gasteiger partial charge in [0.05, 0.1) is 12.5 Å². The van der Waals surface area contributed by atoms with Crippen molar-refractivity contribution in [3.63, 3.8) is 0 Å². The van der Waals surface area contributed by atoms with Gasteiger partial charge in [-0.1, -0.05) is 32.6 Å². The Bertz CT molecular complexity index is 497. The molecular weight excluding hydrogens is 240 g/mol. The molecule has 0 aliphatic carbocycles. The minimum Gasteiger partial charge on any atom is -0.396 e. The van der Waals surface area contributed by atoms with Crippen LogP contribution >= 0.6 is 0 Å². The molecule has 1 N–H and O–H groups in total. The highest BCUT2D eigenvalue weighted by molar-refractivity contribution is 5.68. The monoisotopic (exact) mass is 262 g/mol. The molecule has 0 spiro atoms. The van der Waals surface area contributed by atoms with Crippen LogP contribution in [0.4, 0.5) is 0 Å². The van der Waals surface area contributed by atoms with Gasteiger partial charge in [0.25, 0.3) is 0 Å². The molecule has 1 unspecified atom stereocenters. The summed E-state index contributed by atoms with van der Waals surface area (Å²) in [6.07, 6.45) is 11.9. The molecule has 0 saturated carbocycles. The second kappa shape index (κ2) is 7.19. The van der Waals surface area contributed by atoms with Crippen LogP contribution in [0.5, 0.6) is 0 Å². The molecule has 1 atom stereocenters. The molecule has 0 amide bonds. The van der Waals surface area contributed by atoms with Gasteiger partial charge in [-0.05, 0) is 12.8 Å². The van der Waals surface area contributed by atoms with E-state index in [9.17, 15) is 5.11 Å². The molecule has 2 heterocycles. The predicted octanol–water partition coefficient (Wildman–Crippen LogP) is 2.72. The van der Waals surface area contributed by atoms with Crippen LogP contribution in [0, 0.1) is 0 Å². The standard InChI is InChI=1S/C14H22N4O/c1-2-3-4-5-6-12(7-8-19)18-11-17-13-9-15-10-16-14(13)18/h9-12,19H,2-8H2,1H3. The Hall–Kier alpha value is -1.49. The zero-order chi connectivity index (χ0) is 13.5. The molecule has 2 aromatic heterocycles. The fourth-order valence-electron chi connectivity index (χ4n) is 2.43. The van der Waals surface area contributed by atoms with Gasteiger partial charge in [0, 0.05) is 12.6 Å². The van der Waals surface area contributed by atoms with Gasteiger partial charge in [0.15, 0.2) is 5.65 Å². The number of unbranched alkanes of at least 4 members (excludes halogenated alkanes) is 3. The fourth-order valence-corrected chi connectivity index (χ4v) is 2.43. The van der Waals surface area contributed by atoms with Crippen molar-refractivity contribution < 1.29 is 5.11 Å². The van der Waals surface area contributed by atoms with Crippen LogP contribution in [-0.2, 0) is 0 Å². The van der Waals surface area contributed by atoms with E-state index in [-0.39, 0.29) is 12.6 Å². The maximum atomic E-state index is 9.24. The normalized spacial score (nSPS) is 12.9. The van der Waals surface area contributed by atoms with E-state index in [1.54, 1.807) is 12.5 Å². The molecule has 5 heteroatoms. The van der Waals surface area contributed by atoms with E-state index >= 15 is 0 Å². The number of aliphatic hydroxyl groups is 1. The van der Waals surface area contributed by atoms with Gasteiger partial charge in [0.2, 0.25) is 0 Å². The molecule has 0 radical (unpaired) electrons. The summed E-state index contributed by atoms with van der Waals surface area (Å²) in [6, 6.07) is 0.279. The summed E-state index contributed by atoms with van der Waals surface area (Å²) >= 11 is 0. The van der Waals surface area contributed by atoms with E-state index in [1.807, 2.05) is 6.33 Å². The van der Waals surface area contributed by atoms with Crippen molar-refractivity contribution in [2.45, 2.75) is 51.5 Å². The first-order chi connectivity index (χ1) is 9.36. The van der Waals surface area contributed by atoms with Crippen LogP contribution in [0.15, 0.2) is 18.9 Å². The van der Waals surface area contributed by atoms with Crippen LogP contribution in [0.1, 0.15) is 51.5 Å². The van der Waals surface area contributed by atoms with E-state index in [0.717, 1.165) is 24.0 Å². The average molecular weight is 262 g/mol. The lowest BCUT2D eigenvalue weighted by atomic mass is 10.0. The maximum absolute atomic E-state index is 9.24. The van der Waals surface area contributed by atoms with Crippen LogP contribution in [0.25, 0.3) is 11.2 Å². The SMILES string of the molecule is CCCCCCC(CCO)n1cnc2cncnc21. The molecule has 0 aromatic carbocycles. The van der Waals surface area contributed by atoms with Gasteiger partial charge < -0.3 is 9.67 Å². The third-order valence-electron chi connectivity index (χ3n) is 3.49. The van der Waals surface area contributed by atoms with E-state index in [1.165, 1.54) is 25.7 Å². The van der Waals surface area contributed by atoms with E-state index in [0.29, 0.717) is 0 Å². The second-order valence-corrected chi connectivity index (χ2v) is 4.90. The Morgan fingerprint density at radius 2 is 2.11 bits per heavy atom. The summed E-state index contributed by atoms with van der Waals surface area (Å²) in [6.45, 7) is 2.41. The Kier molecular flexibility index (Phi) is 5.27.